The number of benzene rings is 1. The summed E-state index contributed by atoms with van der Waals surface area (Å²) >= 11 is 0. The van der Waals surface area contributed by atoms with Gasteiger partial charge in [-0.25, -0.2) is 14.4 Å². The predicted octanol–water partition coefficient (Wildman–Crippen LogP) is 4.24. The summed E-state index contributed by atoms with van der Waals surface area (Å²) in [6, 6.07) is 1.83. The van der Waals surface area contributed by atoms with E-state index in [0.29, 0.717) is 18.0 Å². The molecule has 1 aliphatic heterocycles. The minimum absolute atomic E-state index is 0.00619. The van der Waals surface area contributed by atoms with Crippen LogP contribution in [0.2, 0.25) is 0 Å². The molecule has 1 aromatic carbocycles. The summed E-state index contributed by atoms with van der Waals surface area (Å²) in [7, 11) is 1.42. The molecule has 2 heterocycles. The third-order valence-electron chi connectivity index (χ3n) is 10.7. The fraction of sp³-hybridized carbons (Fsp3) is 0.613. The Kier molecular flexibility index (Phi) is 7.42. The molecule has 45 heavy (non-hydrogen) atoms. The lowest BCUT2D eigenvalue weighted by molar-refractivity contribution is -0.172. The molecule has 242 valence electrons. The first-order valence-corrected chi connectivity index (χ1v) is 15.5. The van der Waals surface area contributed by atoms with Crippen LogP contribution in [0.4, 0.5) is 29.1 Å². The van der Waals surface area contributed by atoms with Gasteiger partial charge in [0.15, 0.2) is 0 Å². The van der Waals surface area contributed by atoms with Gasteiger partial charge in [0.2, 0.25) is 11.8 Å². The Labute approximate surface area is 257 Å². The number of alkyl halides is 3. The highest BCUT2D eigenvalue weighted by Gasteiger charge is 2.70. The molecular weight excluding hydrogens is 596 g/mol. The number of carbonyl (C=O) groups excluding carboxylic acids is 2. The van der Waals surface area contributed by atoms with Gasteiger partial charge in [-0.1, -0.05) is 0 Å². The number of nitrogens with one attached hydrogen (secondary N) is 3. The van der Waals surface area contributed by atoms with Crippen LogP contribution in [0.25, 0.3) is 0 Å². The van der Waals surface area contributed by atoms with Crippen molar-refractivity contribution in [2.45, 2.75) is 68.2 Å². The monoisotopic (exact) mass is 632 g/mol. The predicted molar refractivity (Wildman–Crippen MR) is 154 cm³/mol. The van der Waals surface area contributed by atoms with Crippen LogP contribution in [0.3, 0.4) is 0 Å². The second kappa shape index (κ2) is 11.1. The van der Waals surface area contributed by atoms with Crippen molar-refractivity contribution in [2.24, 2.45) is 17.8 Å². The molecule has 1 saturated heterocycles. The number of carbonyl (C=O) groups is 2. The van der Waals surface area contributed by atoms with E-state index in [9.17, 15) is 27.2 Å². The minimum Gasteiger partial charge on any atom is -0.480 e. The Bertz CT molecular complexity index is 1470. The molecule has 2 unspecified atom stereocenters. The van der Waals surface area contributed by atoms with E-state index in [0.717, 1.165) is 77.3 Å². The molecule has 2 aromatic rings. The van der Waals surface area contributed by atoms with Gasteiger partial charge in [-0.15, -0.1) is 0 Å². The number of methoxy groups -OCH3 is 1. The SMILES string of the molecule is COc1ncnc(NC23CC(N4CCOCC4)(C2)C3)c1C(=O)NC1C2CCC(CC2)C1C(=O)Nc1ccc(F)c(C(F)(F)F)c1. The van der Waals surface area contributed by atoms with Crippen LogP contribution in [-0.4, -0.2) is 77.2 Å². The quantitative estimate of drug-likeness (QED) is 0.371. The lowest BCUT2D eigenvalue weighted by atomic mass is 9.43. The van der Waals surface area contributed by atoms with Crippen LogP contribution >= 0.6 is 0 Å². The summed E-state index contributed by atoms with van der Waals surface area (Å²) in [5.74, 6) is -2.68. The number of rotatable bonds is 8. The van der Waals surface area contributed by atoms with E-state index in [1.807, 2.05) is 0 Å². The molecule has 1 aromatic heterocycles. The number of ether oxygens (including phenoxy) is 2. The average molecular weight is 633 g/mol. The van der Waals surface area contributed by atoms with Gasteiger partial charge in [-0.05, 0) is 75.0 Å². The lowest BCUT2D eigenvalue weighted by Crippen LogP contribution is -2.82. The number of aromatic nitrogens is 2. The molecule has 0 radical (unpaired) electrons. The van der Waals surface area contributed by atoms with E-state index < -0.39 is 41.3 Å². The highest BCUT2D eigenvalue weighted by atomic mass is 19.4. The Morgan fingerprint density at radius 2 is 1.73 bits per heavy atom. The van der Waals surface area contributed by atoms with Crippen molar-refractivity contribution in [3.05, 3.63) is 41.5 Å². The second-order valence-electron chi connectivity index (χ2n) is 13.2. The molecule has 3 N–H and O–H groups in total. The molecular formula is C31H36F4N6O4. The number of amides is 2. The molecule has 7 aliphatic rings. The van der Waals surface area contributed by atoms with Crippen molar-refractivity contribution < 1.29 is 36.6 Å². The summed E-state index contributed by atoms with van der Waals surface area (Å²) < 4.78 is 64.8. The number of hydrogen-bond acceptors (Lipinski definition) is 8. The van der Waals surface area contributed by atoms with Gasteiger partial charge in [0.1, 0.15) is 23.5 Å². The molecule has 7 fully saturated rings. The first-order chi connectivity index (χ1) is 21.5. The summed E-state index contributed by atoms with van der Waals surface area (Å²) in [6.07, 6.45) is 2.40. The molecule has 6 aliphatic carbocycles. The van der Waals surface area contributed by atoms with Crippen LogP contribution in [0.1, 0.15) is 60.9 Å². The topological polar surface area (TPSA) is 118 Å². The van der Waals surface area contributed by atoms with Crippen LogP contribution < -0.4 is 20.7 Å². The third kappa shape index (κ3) is 5.29. The van der Waals surface area contributed by atoms with Crippen molar-refractivity contribution >= 4 is 23.3 Å². The Hall–Kier alpha value is -3.52. The van der Waals surface area contributed by atoms with Gasteiger partial charge < -0.3 is 25.4 Å². The maximum Gasteiger partial charge on any atom is 0.419 e. The Morgan fingerprint density at radius 3 is 2.40 bits per heavy atom. The fourth-order valence-electron chi connectivity index (χ4n) is 8.62. The van der Waals surface area contributed by atoms with Crippen LogP contribution in [0.15, 0.2) is 24.5 Å². The third-order valence-corrected chi connectivity index (χ3v) is 10.7. The molecule has 4 bridgehead atoms. The number of anilines is 2. The van der Waals surface area contributed by atoms with E-state index in [4.69, 9.17) is 9.47 Å². The molecule has 9 rings (SSSR count). The summed E-state index contributed by atoms with van der Waals surface area (Å²) in [4.78, 5) is 38.7. The van der Waals surface area contributed by atoms with Gasteiger partial charge in [-0.3, -0.25) is 14.5 Å². The average Bonchev–Trinajstić information content (AvgIpc) is 2.99. The highest BCUT2D eigenvalue weighted by molar-refractivity contribution is 6.02. The largest absolute Gasteiger partial charge is 0.480 e. The maximum atomic E-state index is 14.0. The standard InChI is InChI=1S/C31H36F4N6O4/c1-44-28-23(25(36-16-37-28)40-29-13-30(14-29,15-29)41-8-10-45-11-9-41)27(43)39-24-18-4-2-17(3-5-18)22(24)26(42)38-19-6-7-21(32)20(12-19)31(33,34)35/h6-7,12,16-18,22,24H,2-5,8-11,13-15H2,1H3,(H,38,42)(H,39,43)(H,36,37,40). The van der Waals surface area contributed by atoms with E-state index >= 15 is 0 Å². The fourth-order valence-corrected chi connectivity index (χ4v) is 8.62. The minimum atomic E-state index is -4.91. The highest BCUT2D eigenvalue weighted by Crippen LogP contribution is 2.65. The number of nitrogens with zero attached hydrogens (tertiary/aromatic N) is 3. The summed E-state index contributed by atoms with van der Waals surface area (Å²) in [6.45, 7) is 3.29. The van der Waals surface area contributed by atoms with Gasteiger partial charge in [0.05, 0.1) is 31.8 Å². The first-order valence-electron chi connectivity index (χ1n) is 15.5. The summed E-state index contributed by atoms with van der Waals surface area (Å²) in [5.41, 5.74) is -1.48. The number of morpholine rings is 1. The van der Waals surface area contributed by atoms with E-state index in [1.54, 1.807) is 0 Å². The second-order valence-corrected chi connectivity index (χ2v) is 13.2. The smallest absolute Gasteiger partial charge is 0.419 e. The molecule has 2 amide bonds. The maximum absolute atomic E-state index is 14.0. The first kappa shape index (κ1) is 30.2. The van der Waals surface area contributed by atoms with Crippen molar-refractivity contribution in [2.75, 3.05) is 44.0 Å². The van der Waals surface area contributed by atoms with Gasteiger partial charge in [0, 0.05) is 35.9 Å². The zero-order valence-electron chi connectivity index (χ0n) is 24.9. The Balaban J connectivity index is 1.09. The van der Waals surface area contributed by atoms with E-state index in [1.165, 1.54) is 13.4 Å². The van der Waals surface area contributed by atoms with Crippen molar-refractivity contribution in [1.29, 1.82) is 0 Å². The summed E-state index contributed by atoms with van der Waals surface area (Å²) in [5, 5.41) is 9.16. The molecule has 14 heteroatoms. The molecule has 10 nitrogen and oxygen atoms in total. The van der Waals surface area contributed by atoms with Gasteiger partial charge >= 0.3 is 6.18 Å². The van der Waals surface area contributed by atoms with Crippen LogP contribution in [0.5, 0.6) is 5.88 Å². The van der Waals surface area contributed by atoms with Crippen LogP contribution in [-0.2, 0) is 15.7 Å². The zero-order chi connectivity index (χ0) is 31.6. The molecule has 0 spiro atoms. The normalized spacial score (nSPS) is 32.2. The van der Waals surface area contributed by atoms with E-state index in [-0.39, 0.29) is 40.0 Å². The van der Waals surface area contributed by atoms with Crippen molar-refractivity contribution in [3.8, 4) is 5.88 Å². The van der Waals surface area contributed by atoms with Gasteiger partial charge in [0.25, 0.3) is 5.91 Å². The van der Waals surface area contributed by atoms with Gasteiger partial charge in [-0.2, -0.15) is 13.2 Å². The lowest BCUT2D eigenvalue weighted by Gasteiger charge is -2.74. The molecule has 2 atom stereocenters. The molecule has 6 saturated carbocycles. The van der Waals surface area contributed by atoms with E-state index in [2.05, 4.69) is 30.8 Å². The Morgan fingerprint density at radius 1 is 1.04 bits per heavy atom. The van der Waals surface area contributed by atoms with Crippen molar-refractivity contribution in [3.63, 3.8) is 0 Å². The number of fused-ring (bicyclic) bond motifs is 3. The van der Waals surface area contributed by atoms with Crippen LogP contribution in [0, 0.1) is 23.6 Å². The zero-order valence-corrected chi connectivity index (χ0v) is 24.9. The number of hydrogen-bond donors (Lipinski definition) is 3. The van der Waals surface area contributed by atoms with Crippen molar-refractivity contribution in [1.82, 2.24) is 20.2 Å². The number of halogens is 4.